The van der Waals surface area contributed by atoms with Crippen molar-refractivity contribution in [3.05, 3.63) is 48.6 Å². The third kappa shape index (κ3) is 70.0. The topological polar surface area (TPSA) is 78.9 Å². The number of rotatable bonds is 69. The number of carbonyl (C=O) groups is 3. The molecule has 0 N–H and O–H groups in total. The first-order valence-electron chi connectivity index (χ1n) is 37.1. The van der Waals surface area contributed by atoms with Gasteiger partial charge in [0.25, 0.3) is 0 Å². The minimum absolute atomic E-state index is 0.0711. The Morgan fingerprint density at radius 1 is 0.241 bits per heavy atom. The molecular formula is C77H142O6. The average molecular weight is 1160 g/mol. The van der Waals surface area contributed by atoms with E-state index in [9.17, 15) is 14.4 Å². The summed E-state index contributed by atoms with van der Waals surface area (Å²) in [6.45, 7) is 6.68. The van der Waals surface area contributed by atoms with Crippen LogP contribution in [0.2, 0.25) is 0 Å². The molecule has 0 fully saturated rings. The molecule has 0 aliphatic heterocycles. The van der Waals surface area contributed by atoms with E-state index >= 15 is 0 Å². The minimum Gasteiger partial charge on any atom is -0.462 e. The van der Waals surface area contributed by atoms with Gasteiger partial charge in [0.05, 0.1) is 0 Å². The molecule has 0 aliphatic rings. The summed E-state index contributed by atoms with van der Waals surface area (Å²) in [5.74, 6) is -0.852. The second-order valence-corrected chi connectivity index (χ2v) is 25.2. The van der Waals surface area contributed by atoms with Crippen molar-refractivity contribution < 1.29 is 28.6 Å². The monoisotopic (exact) mass is 1160 g/mol. The fourth-order valence-corrected chi connectivity index (χ4v) is 11.2. The maximum Gasteiger partial charge on any atom is 0.306 e. The van der Waals surface area contributed by atoms with Crippen molar-refractivity contribution in [3.8, 4) is 0 Å². The first kappa shape index (κ1) is 80.4. The first-order chi connectivity index (χ1) is 41.0. The SMILES string of the molecule is CCCCCC/C=C\CCCCCCCC(=O)OCC(COC(=O)CCCCCCCCCCCCCCCC/C=C\C/C=C\C/C=C\CCCCCCC)OC(=O)CCCCCCCCCCCCCCCCCCCCCCCCC. The average Bonchev–Trinajstić information content (AvgIpc) is 3.49. The van der Waals surface area contributed by atoms with Crippen molar-refractivity contribution >= 4 is 17.9 Å². The lowest BCUT2D eigenvalue weighted by atomic mass is 10.0. The summed E-state index contributed by atoms with van der Waals surface area (Å²) in [7, 11) is 0. The van der Waals surface area contributed by atoms with Crippen LogP contribution < -0.4 is 0 Å². The molecule has 0 spiro atoms. The lowest BCUT2D eigenvalue weighted by molar-refractivity contribution is -0.167. The largest absolute Gasteiger partial charge is 0.462 e. The summed E-state index contributed by atoms with van der Waals surface area (Å²) in [4.78, 5) is 38.5. The molecule has 0 amide bonds. The fourth-order valence-electron chi connectivity index (χ4n) is 11.2. The smallest absolute Gasteiger partial charge is 0.306 e. The standard InChI is InChI=1S/C77H142O6/c1-4-7-10-13-16-19-22-25-27-29-31-33-35-36-37-38-39-40-42-43-45-47-49-52-55-58-61-64-67-70-76(79)82-73-74(72-81-75(78)69-66-63-60-57-54-51-24-21-18-15-12-9-6-3)83-77(80)71-68-65-62-59-56-53-50-48-46-44-41-34-32-30-28-26-23-20-17-14-11-8-5-2/h21-22,24-25,29,31,35-36,74H,4-20,23,26-28,30,32-34,37-73H2,1-3H3/b24-21-,25-22-,31-29-,36-35-. The van der Waals surface area contributed by atoms with Crippen LogP contribution in [-0.2, 0) is 28.6 Å². The van der Waals surface area contributed by atoms with Gasteiger partial charge in [-0.1, -0.05) is 352 Å². The van der Waals surface area contributed by atoms with Crippen LogP contribution in [0, 0.1) is 0 Å². The molecule has 0 aromatic rings. The zero-order valence-electron chi connectivity index (χ0n) is 56.0. The van der Waals surface area contributed by atoms with Crippen LogP contribution in [0.4, 0.5) is 0 Å². The number of ether oxygens (including phenoxy) is 3. The molecule has 0 bridgehead atoms. The summed E-state index contributed by atoms with van der Waals surface area (Å²) in [6, 6.07) is 0. The zero-order valence-corrected chi connectivity index (χ0v) is 56.0. The maximum atomic E-state index is 13.0. The van der Waals surface area contributed by atoms with Gasteiger partial charge in [-0.05, 0) is 83.5 Å². The molecule has 0 aromatic heterocycles. The van der Waals surface area contributed by atoms with Crippen molar-refractivity contribution in [1.29, 1.82) is 0 Å². The van der Waals surface area contributed by atoms with E-state index in [4.69, 9.17) is 14.2 Å². The molecule has 0 radical (unpaired) electrons. The zero-order chi connectivity index (χ0) is 59.9. The summed E-state index contributed by atoms with van der Waals surface area (Å²) >= 11 is 0. The van der Waals surface area contributed by atoms with Gasteiger partial charge >= 0.3 is 17.9 Å². The summed E-state index contributed by atoms with van der Waals surface area (Å²) in [6.07, 6.45) is 91.5. The van der Waals surface area contributed by atoms with E-state index < -0.39 is 6.10 Å². The number of hydrogen-bond donors (Lipinski definition) is 0. The Hall–Kier alpha value is -2.63. The molecule has 0 aliphatic carbocycles. The molecular weight excluding hydrogens is 1020 g/mol. The van der Waals surface area contributed by atoms with Gasteiger partial charge in [0.15, 0.2) is 6.10 Å². The third-order valence-corrected chi connectivity index (χ3v) is 16.8. The van der Waals surface area contributed by atoms with E-state index in [1.807, 2.05) is 0 Å². The Morgan fingerprint density at radius 3 is 0.699 bits per heavy atom. The molecule has 0 saturated heterocycles. The highest BCUT2D eigenvalue weighted by Crippen LogP contribution is 2.19. The van der Waals surface area contributed by atoms with E-state index in [1.165, 1.54) is 289 Å². The number of carbonyl (C=O) groups excluding carboxylic acids is 3. The molecule has 6 heteroatoms. The number of unbranched alkanes of at least 4 members (excludes halogenated alkanes) is 50. The number of hydrogen-bond acceptors (Lipinski definition) is 6. The van der Waals surface area contributed by atoms with Gasteiger partial charge in [-0.15, -0.1) is 0 Å². The summed E-state index contributed by atoms with van der Waals surface area (Å²) < 4.78 is 17.0. The van der Waals surface area contributed by atoms with Gasteiger partial charge < -0.3 is 14.2 Å². The van der Waals surface area contributed by atoms with Crippen LogP contribution in [0.25, 0.3) is 0 Å². The van der Waals surface area contributed by atoms with E-state index in [2.05, 4.69) is 69.4 Å². The van der Waals surface area contributed by atoms with E-state index in [-0.39, 0.29) is 31.1 Å². The van der Waals surface area contributed by atoms with Crippen molar-refractivity contribution in [2.75, 3.05) is 13.2 Å². The lowest BCUT2D eigenvalue weighted by Crippen LogP contribution is -2.30. The van der Waals surface area contributed by atoms with Crippen LogP contribution in [-0.4, -0.2) is 37.2 Å². The molecule has 1 atom stereocenters. The predicted molar refractivity (Wildman–Crippen MR) is 362 cm³/mol. The Kier molecular flexibility index (Phi) is 69.6. The highest BCUT2D eigenvalue weighted by molar-refractivity contribution is 5.71. The molecule has 6 nitrogen and oxygen atoms in total. The molecule has 0 aromatic carbocycles. The minimum atomic E-state index is -0.775. The van der Waals surface area contributed by atoms with Gasteiger partial charge in [-0.2, -0.15) is 0 Å². The van der Waals surface area contributed by atoms with Gasteiger partial charge in [0.2, 0.25) is 0 Å². The van der Waals surface area contributed by atoms with Crippen molar-refractivity contribution in [1.82, 2.24) is 0 Å². The normalized spacial score (nSPS) is 12.3. The Morgan fingerprint density at radius 2 is 0.434 bits per heavy atom. The van der Waals surface area contributed by atoms with Crippen LogP contribution in [0.3, 0.4) is 0 Å². The van der Waals surface area contributed by atoms with Crippen LogP contribution >= 0.6 is 0 Å². The Bertz CT molecular complexity index is 1430. The Balaban J connectivity index is 4.21. The predicted octanol–water partition coefficient (Wildman–Crippen LogP) is 25.7. The first-order valence-corrected chi connectivity index (χ1v) is 37.1. The van der Waals surface area contributed by atoms with Crippen LogP contribution in [0.1, 0.15) is 406 Å². The highest BCUT2D eigenvalue weighted by Gasteiger charge is 2.19. The van der Waals surface area contributed by atoms with Crippen molar-refractivity contribution in [2.24, 2.45) is 0 Å². The molecule has 83 heavy (non-hydrogen) atoms. The summed E-state index contributed by atoms with van der Waals surface area (Å²) in [5.41, 5.74) is 0. The lowest BCUT2D eigenvalue weighted by Gasteiger charge is -2.18. The van der Waals surface area contributed by atoms with E-state index in [1.54, 1.807) is 0 Å². The maximum absolute atomic E-state index is 13.0. The molecule has 1 unspecified atom stereocenters. The molecule has 0 rings (SSSR count). The van der Waals surface area contributed by atoms with Gasteiger partial charge in [0.1, 0.15) is 13.2 Å². The molecule has 0 heterocycles. The Labute approximate surface area is 518 Å². The summed E-state index contributed by atoms with van der Waals surface area (Å²) in [5, 5.41) is 0. The van der Waals surface area contributed by atoms with Crippen LogP contribution in [0.15, 0.2) is 48.6 Å². The van der Waals surface area contributed by atoms with E-state index in [0.29, 0.717) is 19.3 Å². The quantitative estimate of drug-likeness (QED) is 0.0261. The second kappa shape index (κ2) is 71.8. The van der Waals surface area contributed by atoms with Gasteiger partial charge in [-0.3, -0.25) is 14.4 Å². The fraction of sp³-hybridized carbons (Fsp3) is 0.857. The second-order valence-electron chi connectivity index (χ2n) is 25.2. The van der Waals surface area contributed by atoms with Crippen molar-refractivity contribution in [2.45, 2.75) is 412 Å². The van der Waals surface area contributed by atoms with Crippen LogP contribution in [0.5, 0.6) is 0 Å². The van der Waals surface area contributed by atoms with E-state index in [0.717, 1.165) is 77.0 Å². The number of allylic oxidation sites excluding steroid dienone is 8. The highest BCUT2D eigenvalue weighted by atomic mass is 16.6. The molecule has 0 saturated carbocycles. The molecule has 486 valence electrons. The number of esters is 3. The van der Waals surface area contributed by atoms with Gasteiger partial charge in [0, 0.05) is 19.3 Å². The third-order valence-electron chi connectivity index (χ3n) is 16.8. The van der Waals surface area contributed by atoms with Crippen molar-refractivity contribution in [3.63, 3.8) is 0 Å². The van der Waals surface area contributed by atoms with Gasteiger partial charge in [-0.25, -0.2) is 0 Å².